The van der Waals surface area contributed by atoms with Crippen molar-refractivity contribution in [3.63, 3.8) is 0 Å². The molecule has 0 amide bonds. The van der Waals surface area contributed by atoms with Gasteiger partial charge in [-0.3, -0.25) is 0 Å². The highest BCUT2D eigenvalue weighted by molar-refractivity contribution is 6.34. The van der Waals surface area contributed by atoms with Crippen LogP contribution in [0.5, 0.6) is 11.5 Å². The number of carboxylic acid groups (broad SMARTS) is 1. The number of halogens is 4. The van der Waals surface area contributed by atoms with Crippen LogP contribution in [0, 0.1) is 0 Å². The maximum Gasteiger partial charge on any atom is 0.430 e. The monoisotopic (exact) mass is 320 g/mol. The average molecular weight is 321 g/mol. The Morgan fingerprint density at radius 3 is 2.71 bits per heavy atom. The van der Waals surface area contributed by atoms with E-state index in [2.05, 4.69) is 0 Å². The largest absolute Gasteiger partial charge is 0.491 e. The second-order valence-electron chi connectivity index (χ2n) is 4.64. The molecule has 0 aromatic heterocycles. The van der Waals surface area contributed by atoms with Crippen LogP contribution in [0.3, 0.4) is 0 Å². The van der Waals surface area contributed by atoms with Crippen LogP contribution in [0.15, 0.2) is 11.6 Å². The van der Waals surface area contributed by atoms with Crippen molar-refractivity contribution < 1.29 is 32.5 Å². The van der Waals surface area contributed by atoms with Crippen LogP contribution in [0.4, 0.5) is 13.2 Å². The highest BCUT2D eigenvalue weighted by Crippen LogP contribution is 2.47. The van der Waals surface area contributed by atoms with Crippen molar-refractivity contribution in [3.05, 3.63) is 27.8 Å². The van der Waals surface area contributed by atoms with Gasteiger partial charge in [0.05, 0.1) is 12.2 Å². The molecule has 2 aliphatic rings. The fraction of sp³-hybridized carbons (Fsp3) is 0.308. The molecule has 3 rings (SSSR count). The Bertz CT molecular complexity index is 666. The third-order valence-corrected chi connectivity index (χ3v) is 3.62. The lowest BCUT2D eigenvalue weighted by Crippen LogP contribution is -2.40. The van der Waals surface area contributed by atoms with Gasteiger partial charge >= 0.3 is 12.1 Å². The van der Waals surface area contributed by atoms with Gasteiger partial charge in [0.25, 0.3) is 0 Å². The number of rotatable bonds is 1. The number of fused-ring (bicyclic) bond motifs is 2. The van der Waals surface area contributed by atoms with Crippen molar-refractivity contribution in [2.24, 2.45) is 0 Å². The first-order chi connectivity index (χ1) is 9.79. The number of ether oxygens (including phenoxy) is 2. The Hall–Kier alpha value is -1.89. The molecule has 0 spiro atoms. The van der Waals surface area contributed by atoms with Crippen LogP contribution in [0.25, 0.3) is 6.08 Å². The number of hydrogen-bond acceptors (Lipinski definition) is 3. The van der Waals surface area contributed by atoms with Crippen LogP contribution in [-0.2, 0) is 11.2 Å². The van der Waals surface area contributed by atoms with Crippen molar-refractivity contribution in [1.82, 2.24) is 0 Å². The molecule has 0 aliphatic carbocycles. The molecule has 2 aliphatic heterocycles. The van der Waals surface area contributed by atoms with Gasteiger partial charge in [-0.05, 0) is 17.7 Å². The van der Waals surface area contributed by atoms with E-state index in [9.17, 15) is 18.0 Å². The smallest absolute Gasteiger partial charge is 0.430 e. The molecule has 0 fully saturated rings. The molecule has 1 N–H and O–H groups in total. The summed E-state index contributed by atoms with van der Waals surface area (Å²) in [6.45, 7) is 0.371. The van der Waals surface area contributed by atoms with Gasteiger partial charge in [0.1, 0.15) is 16.5 Å². The van der Waals surface area contributed by atoms with Gasteiger partial charge in [0.2, 0.25) is 6.10 Å². The lowest BCUT2D eigenvalue weighted by atomic mass is 9.99. The molecule has 8 heteroatoms. The van der Waals surface area contributed by atoms with Crippen LogP contribution >= 0.6 is 11.6 Å². The third-order valence-electron chi connectivity index (χ3n) is 3.27. The first-order valence-electron chi connectivity index (χ1n) is 5.95. The molecule has 1 unspecified atom stereocenters. The van der Waals surface area contributed by atoms with Crippen molar-refractivity contribution in [3.8, 4) is 11.5 Å². The molecule has 0 radical (unpaired) electrons. The number of carbonyl (C=O) groups is 1. The number of benzene rings is 1. The summed E-state index contributed by atoms with van der Waals surface area (Å²) in [5, 5.41) is 8.89. The Morgan fingerprint density at radius 2 is 2.10 bits per heavy atom. The highest BCUT2D eigenvalue weighted by atomic mass is 35.5. The topological polar surface area (TPSA) is 55.8 Å². The van der Waals surface area contributed by atoms with Gasteiger partial charge in [0, 0.05) is 12.0 Å². The van der Waals surface area contributed by atoms with E-state index >= 15 is 0 Å². The van der Waals surface area contributed by atoms with Crippen LogP contribution < -0.4 is 9.47 Å². The fourth-order valence-electron chi connectivity index (χ4n) is 2.36. The first-order valence-corrected chi connectivity index (χ1v) is 6.33. The zero-order valence-electron chi connectivity index (χ0n) is 10.3. The molecular formula is C13H8ClF3O4. The Kier molecular flexibility index (Phi) is 3.05. The van der Waals surface area contributed by atoms with E-state index < -0.39 is 23.8 Å². The molecule has 2 heterocycles. The summed E-state index contributed by atoms with van der Waals surface area (Å²) in [5.74, 6) is -1.59. The summed E-state index contributed by atoms with van der Waals surface area (Å²) in [4.78, 5) is 11.0. The molecule has 1 aromatic rings. The molecular weight excluding hydrogens is 313 g/mol. The zero-order chi connectivity index (χ0) is 15.4. The summed E-state index contributed by atoms with van der Waals surface area (Å²) < 4.78 is 48.9. The first kappa shape index (κ1) is 14.1. The normalized spacial score (nSPS) is 20.0. The zero-order valence-corrected chi connectivity index (χ0v) is 11.1. The second kappa shape index (κ2) is 4.56. The predicted octanol–water partition coefficient (Wildman–Crippen LogP) is 3.07. The fourth-order valence-corrected chi connectivity index (χ4v) is 2.69. The summed E-state index contributed by atoms with van der Waals surface area (Å²) >= 11 is 6.02. The van der Waals surface area contributed by atoms with Gasteiger partial charge in [0.15, 0.2) is 0 Å². The van der Waals surface area contributed by atoms with Gasteiger partial charge in [-0.2, -0.15) is 13.2 Å². The van der Waals surface area contributed by atoms with Gasteiger partial charge in [-0.15, -0.1) is 0 Å². The molecule has 0 saturated carbocycles. The Morgan fingerprint density at radius 1 is 1.38 bits per heavy atom. The maximum atomic E-state index is 12.9. The molecule has 112 valence electrons. The molecule has 1 aromatic carbocycles. The lowest BCUT2D eigenvalue weighted by molar-refractivity contribution is -0.187. The Balaban J connectivity index is 2.18. The van der Waals surface area contributed by atoms with E-state index in [4.69, 9.17) is 26.2 Å². The maximum absolute atomic E-state index is 12.9. The van der Waals surface area contributed by atoms with Crippen molar-refractivity contribution >= 4 is 23.6 Å². The second-order valence-corrected chi connectivity index (χ2v) is 5.02. The minimum Gasteiger partial charge on any atom is -0.491 e. The minimum atomic E-state index is -4.86. The molecule has 0 bridgehead atoms. The number of alkyl halides is 3. The number of aliphatic carboxylic acids is 1. The predicted molar refractivity (Wildman–Crippen MR) is 66.7 cm³/mol. The van der Waals surface area contributed by atoms with E-state index in [1.165, 1.54) is 0 Å². The van der Waals surface area contributed by atoms with Crippen LogP contribution in [-0.4, -0.2) is 30.0 Å². The summed E-state index contributed by atoms with van der Waals surface area (Å²) in [6, 6.07) is 1.54. The van der Waals surface area contributed by atoms with Crippen LogP contribution in [0.2, 0.25) is 5.02 Å². The SMILES string of the molecule is O=C(O)C1=Cc2cc3c(c(Cl)c2OC1C(F)(F)F)OCC3. The number of carboxylic acids is 1. The summed E-state index contributed by atoms with van der Waals surface area (Å²) in [5.41, 5.74) is 0.0564. The standard InChI is InChI=1S/C13H8ClF3O4/c14-8-9-5(1-2-20-9)3-6-4-7(12(18)19)11(13(15,16)17)21-10(6)8/h3-4,11H,1-2H2,(H,18,19). The molecule has 4 nitrogen and oxygen atoms in total. The van der Waals surface area contributed by atoms with Crippen LogP contribution in [0.1, 0.15) is 11.1 Å². The quantitative estimate of drug-likeness (QED) is 0.864. The van der Waals surface area contributed by atoms with Crippen molar-refractivity contribution in [2.45, 2.75) is 18.7 Å². The molecule has 0 saturated heterocycles. The minimum absolute atomic E-state index is 0.0602. The summed E-state index contributed by atoms with van der Waals surface area (Å²) in [7, 11) is 0. The van der Waals surface area contributed by atoms with E-state index in [1.807, 2.05) is 0 Å². The van der Waals surface area contributed by atoms with E-state index in [0.717, 1.165) is 6.08 Å². The van der Waals surface area contributed by atoms with Crippen molar-refractivity contribution in [1.29, 1.82) is 0 Å². The van der Waals surface area contributed by atoms with Crippen molar-refractivity contribution in [2.75, 3.05) is 6.61 Å². The van der Waals surface area contributed by atoms with Gasteiger partial charge in [-0.1, -0.05) is 11.6 Å². The highest BCUT2D eigenvalue weighted by Gasteiger charge is 2.49. The van der Waals surface area contributed by atoms with Gasteiger partial charge in [-0.25, -0.2) is 4.79 Å². The van der Waals surface area contributed by atoms with Gasteiger partial charge < -0.3 is 14.6 Å². The molecule has 21 heavy (non-hydrogen) atoms. The lowest BCUT2D eigenvalue weighted by Gasteiger charge is -2.28. The third kappa shape index (κ3) is 2.21. The van der Waals surface area contributed by atoms with E-state index in [0.29, 0.717) is 24.3 Å². The average Bonchev–Trinajstić information content (AvgIpc) is 2.84. The molecule has 1 atom stereocenters. The van der Waals surface area contributed by atoms with E-state index in [1.54, 1.807) is 6.07 Å². The van der Waals surface area contributed by atoms with E-state index in [-0.39, 0.29) is 16.3 Å². The summed E-state index contributed by atoms with van der Waals surface area (Å²) in [6.07, 6.45) is -5.91. The number of hydrogen-bond donors (Lipinski definition) is 1. The Labute approximate surface area is 121 Å².